The van der Waals surface area contributed by atoms with Crippen molar-refractivity contribution in [2.75, 3.05) is 13.3 Å². The number of alkyl halides is 2. The molecular formula is C14H12Br3ClF2N6O. The average molecular weight is 593 g/mol. The van der Waals surface area contributed by atoms with Gasteiger partial charge in [-0.3, -0.25) is 0 Å². The Kier molecular flexibility index (Phi) is 9.06. The van der Waals surface area contributed by atoms with Gasteiger partial charge in [-0.1, -0.05) is 23.7 Å². The lowest BCUT2D eigenvalue weighted by atomic mass is 10.3. The highest BCUT2D eigenvalue weighted by molar-refractivity contribution is 9.11. The molecule has 13 heteroatoms. The molecule has 146 valence electrons. The minimum Gasteiger partial charge on any atom is -0.423 e. The summed E-state index contributed by atoms with van der Waals surface area (Å²) in [5, 5.41) is 8.23. The highest BCUT2D eigenvalue weighted by Crippen LogP contribution is 2.28. The third-order valence-corrected chi connectivity index (χ3v) is 4.41. The molecule has 0 bridgehead atoms. The van der Waals surface area contributed by atoms with Crippen molar-refractivity contribution in [1.29, 1.82) is 0 Å². The van der Waals surface area contributed by atoms with E-state index in [1.54, 1.807) is 24.3 Å². The Balaban J connectivity index is 0.000000223. The summed E-state index contributed by atoms with van der Waals surface area (Å²) in [5.41, 5.74) is 0. The smallest absolute Gasteiger partial charge is 0.321 e. The molecule has 0 unspecified atom stereocenters. The van der Waals surface area contributed by atoms with E-state index in [2.05, 4.69) is 68.0 Å². The quantitative estimate of drug-likeness (QED) is 0.392. The van der Waals surface area contributed by atoms with Crippen LogP contribution in [0, 0.1) is 0 Å². The Hall–Kier alpha value is -1.11. The molecule has 0 N–H and O–H groups in total. The van der Waals surface area contributed by atoms with Gasteiger partial charge in [0.05, 0.1) is 18.1 Å². The minimum absolute atomic E-state index is 0.0817. The molecule has 0 saturated carbocycles. The van der Waals surface area contributed by atoms with Crippen LogP contribution in [-0.2, 0) is 13.1 Å². The Morgan fingerprint density at radius 1 is 0.926 bits per heavy atom. The van der Waals surface area contributed by atoms with E-state index in [0.717, 1.165) is 0 Å². The van der Waals surface area contributed by atoms with Crippen LogP contribution in [0.4, 0.5) is 8.78 Å². The van der Waals surface area contributed by atoms with E-state index in [1.807, 2.05) is 0 Å². The molecule has 3 rings (SSSR count). The first-order valence-corrected chi connectivity index (χ1v) is 10.1. The summed E-state index contributed by atoms with van der Waals surface area (Å²) in [6.45, 7) is -0.666. The molecule has 0 saturated heterocycles. The second-order valence-electron chi connectivity index (χ2n) is 4.67. The molecule has 1 aromatic carbocycles. The van der Waals surface area contributed by atoms with Crippen molar-refractivity contribution in [2.24, 2.45) is 0 Å². The van der Waals surface area contributed by atoms with Crippen molar-refractivity contribution in [2.45, 2.75) is 13.1 Å². The van der Waals surface area contributed by atoms with Gasteiger partial charge >= 0.3 is 6.01 Å². The lowest BCUT2D eigenvalue weighted by molar-refractivity contribution is 0.363. The van der Waals surface area contributed by atoms with E-state index >= 15 is 0 Å². The molecule has 0 aliphatic carbocycles. The SMILES string of the molecule is FCCn1nc(Br)nc1Br.FCCn1nc(Br)nc1Oc1ccccc1Cl. The van der Waals surface area contributed by atoms with Crippen LogP contribution < -0.4 is 4.74 Å². The predicted octanol–water partition coefficient (Wildman–Crippen LogP) is 5.23. The highest BCUT2D eigenvalue weighted by atomic mass is 79.9. The first kappa shape index (κ1) is 22.2. The van der Waals surface area contributed by atoms with Crippen LogP contribution in [0.2, 0.25) is 5.02 Å². The summed E-state index contributed by atoms with van der Waals surface area (Å²) in [6.07, 6.45) is 0. The van der Waals surface area contributed by atoms with Crippen molar-refractivity contribution < 1.29 is 13.5 Å². The second-order valence-corrected chi connectivity index (χ2v) is 7.21. The Bertz CT molecular complexity index is 878. The fraction of sp³-hybridized carbons (Fsp3) is 0.286. The highest BCUT2D eigenvalue weighted by Gasteiger charge is 2.12. The number of para-hydroxylation sites is 1. The summed E-state index contributed by atoms with van der Waals surface area (Å²) < 4.78 is 33.6. The first-order valence-electron chi connectivity index (χ1n) is 7.35. The lowest BCUT2D eigenvalue weighted by Crippen LogP contribution is -2.04. The number of nitrogens with zero attached hydrogens (tertiary/aromatic N) is 6. The second kappa shape index (κ2) is 11.0. The fourth-order valence-electron chi connectivity index (χ4n) is 1.75. The topological polar surface area (TPSA) is 70.7 Å². The molecule has 0 radical (unpaired) electrons. The van der Waals surface area contributed by atoms with Crippen molar-refractivity contribution in [3.05, 3.63) is 43.5 Å². The van der Waals surface area contributed by atoms with Crippen molar-refractivity contribution in [3.8, 4) is 11.8 Å². The molecule has 0 spiro atoms. The Labute approximate surface area is 183 Å². The standard InChI is InChI=1S/C10H8BrClFN3O.C4H4Br2FN3/c11-9-14-10(16(15-9)6-5-13)17-8-4-2-1-3-7(8)12;5-3-8-4(6)10(9-3)2-1-7/h1-4H,5-6H2;1-2H2. The molecule has 2 heterocycles. The van der Waals surface area contributed by atoms with E-state index in [-0.39, 0.29) is 19.1 Å². The maximum absolute atomic E-state index is 12.3. The molecule has 7 nitrogen and oxygen atoms in total. The van der Waals surface area contributed by atoms with Gasteiger partial charge in [-0.15, -0.1) is 10.2 Å². The third kappa shape index (κ3) is 6.77. The van der Waals surface area contributed by atoms with Gasteiger partial charge in [0.2, 0.25) is 9.47 Å². The lowest BCUT2D eigenvalue weighted by Gasteiger charge is -2.06. The number of halogens is 6. The van der Waals surface area contributed by atoms with Gasteiger partial charge in [0.15, 0.2) is 4.73 Å². The monoisotopic (exact) mass is 590 g/mol. The number of aromatic nitrogens is 6. The van der Waals surface area contributed by atoms with Gasteiger partial charge in [0, 0.05) is 0 Å². The van der Waals surface area contributed by atoms with Crippen molar-refractivity contribution in [3.63, 3.8) is 0 Å². The van der Waals surface area contributed by atoms with Crippen LogP contribution in [0.3, 0.4) is 0 Å². The number of ether oxygens (including phenoxy) is 1. The van der Waals surface area contributed by atoms with Gasteiger partial charge in [-0.2, -0.15) is 9.97 Å². The van der Waals surface area contributed by atoms with E-state index in [9.17, 15) is 8.78 Å². The Morgan fingerprint density at radius 2 is 1.52 bits per heavy atom. The van der Waals surface area contributed by atoms with Crippen LogP contribution in [0.1, 0.15) is 0 Å². The van der Waals surface area contributed by atoms with Crippen LogP contribution in [0.5, 0.6) is 11.8 Å². The zero-order valence-corrected chi connectivity index (χ0v) is 19.0. The third-order valence-electron chi connectivity index (χ3n) is 2.84. The summed E-state index contributed by atoms with van der Waals surface area (Å²) in [7, 11) is 0. The maximum Gasteiger partial charge on any atom is 0.321 e. The number of hydrogen-bond donors (Lipinski definition) is 0. The molecule has 0 fully saturated rings. The number of benzene rings is 1. The summed E-state index contributed by atoms with van der Waals surface area (Å²) in [5.74, 6) is 0.453. The van der Waals surface area contributed by atoms with Gasteiger partial charge in [-0.05, 0) is 59.9 Å². The minimum atomic E-state index is -0.547. The van der Waals surface area contributed by atoms with Crippen LogP contribution in [-0.4, -0.2) is 42.9 Å². The van der Waals surface area contributed by atoms with Crippen molar-refractivity contribution in [1.82, 2.24) is 29.5 Å². The number of rotatable bonds is 6. The number of hydrogen-bond acceptors (Lipinski definition) is 5. The van der Waals surface area contributed by atoms with E-state index in [0.29, 0.717) is 25.0 Å². The van der Waals surface area contributed by atoms with Gasteiger partial charge in [0.25, 0.3) is 0 Å². The van der Waals surface area contributed by atoms with Gasteiger partial charge in [-0.25, -0.2) is 18.1 Å². The van der Waals surface area contributed by atoms with Gasteiger partial charge < -0.3 is 4.74 Å². The molecule has 0 amide bonds. The molecule has 0 atom stereocenters. The molecular weight excluding hydrogens is 581 g/mol. The van der Waals surface area contributed by atoms with E-state index < -0.39 is 13.3 Å². The summed E-state index contributed by atoms with van der Waals surface area (Å²) in [4.78, 5) is 7.83. The largest absolute Gasteiger partial charge is 0.423 e. The van der Waals surface area contributed by atoms with Crippen LogP contribution in [0.25, 0.3) is 0 Å². The molecule has 0 aliphatic rings. The number of aryl methyl sites for hydroxylation is 2. The van der Waals surface area contributed by atoms with Crippen LogP contribution in [0.15, 0.2) is 38.5 Å². The predicted molar refractivity (Wildman–Crippen MR) is 107 cm³/mol. The van der Waals surface area contributed by atoms with Gasteiger partial charge in [0.1, 0.15) is 19.1 Å². The zero-order valence-electron chi connectivity index (χ0n) is 13.5. The Morgan fingerprint density at radius 3 is 2.11 bits per heavy atom. The van der Waals surface area contributed by atoms with Crippen molar-refractivity contribution >= 4 is 59.4 Å². The van der Waals surface area contributed by atoms with E-state index in [1.165, 1.54) is 9.36 Å². The zero-order chi connectivity index (χ0) is 19.8. The van der Waals surface area contributed by atoms with Crippen LogP contribution >= 0.6 is 59.4 Å². The molecule has 0 aliphatic heterocycles. The normalized spacial score (nSPS) is 10.4. The maximum atomic E-state index is 12.3. The molecule has 2 aromatic heterocycles. The van der Waals surface area contributed by atoms with E-state index in [4.69, 9.17) is 16.3 Å². The molecule has 3 aromatic rings. The fourth-order valence-corrected chi connectivity index (χ4v) is 3.29. The molecule has 27 heavy (non-hydrogen) atoms. The first-order chi connectivity index (χ1) is 12.9. The summed E-state index contributed by atoms with van der Waals surface area (Å²) in [6, 6.07) is 7.17. The average Bonchev–Trinajstić information content (AvgIpc) is 3.12. The summed E-state index contributed by atoms with van der Waals surface area (Å²) >= 11 is 15.2.